The van der Waals surface area contributed by atoms with Crippen LogP contribution in [0.25, 0.3) is 0 Å². The minimum atomic E-state index is -3.60. The predicted molar refractivity (Wildman–Crippen MR) is 90.0 cm³/mol. The van der Waals surface area contributed by atoms with E-state index in [9.17, 15) is 18.0 Å². The summed E-state index contributed by atoms with van der Waals surface area (Å²) in [7, 11) is -3.60. The Balaban J connectivity index is 2.02. The molecule has 1 heterocycles. The summed E-state index contributed by atoms with van der Waals surface area (Å²) in [6.07, 6.45) is 5.77. The lowest BCUT2D eigenvalue weighted by Gasteiger charge is -2.32. The van der Waals surface area contributed by atoms with Crippen LogP contribution in [-0.4, -0.2) is 25.5 Å². The summed E-state index contributed by atoms with van der Waals surface area (Å²) in [5.41, 5.74) is 1.70. The van der Waals surface area contributed by atoms with Gasteiger partial charge in [-0.1, -0.05) is 12.1 Å². The summed E-state index contributed by atoms with van der Waals surface area (Å²) >= 11 is 0. The first-order valence-corrected chi connectivity index (χ1v) is 9.14. The zero-order valence-electron chi connectivity index (χ0n) is 13.4. The first kappa shape index (κ1) is 16.4. The number of fused-ring (bicyclic) bond motifs is 2. The molecule has 2 atom stereocenters. The fraction of sp³-hybridized carbons (Fsp3) is 0.294. The van der Waals surface area contributed by atoms with Crippen molar-refractivity contribution in [2.75, 3.05) is 5.32 Å². The number of carbonyl (C=O) groups is 2. The van der Waals surface area contributed by atoms with Gasteiger partial charge in [-0.3, -0.25) is 9.59 Å². The Labute approximate surface area is 140 Å². The largest absolute Gasteiger partial charge is 0.327 e. The van der Waals surface area contributed by atoms with E-state index in [1.54, 1.807) is 24.3 Å². The molecule has 7 heteroatoms. The summed E-state index contributed by atoms with van der Waals surface area (Å²) < 4.78 is 26.0. The van der Waals surface area contributed by atoms with E-state index in [1.165, 1.54) is 19.9 Å². The van der Waals surface area contributed by atoms with E-state index in [1.807, 2.05) is 6.08 Å². The highest BCUT2D eigenvalue weighted by atomic mass is 32.2. The van der Waals surface area contributed by atoms with Crippen LogP contribution in [0.15, 0.2) is 47.0 Å². The number of hydrogen-bond donors (Lipinski definition) is 2. The minimum absolute atomic E-state index is 0.161. The maximum Gasteiger partial charge on any atom is 0.221 e. The van der Waals surface area contributed by atoms with Gasteiger partial charge in [0.25, 0.3) is 0 Å². The lowest BCUT2D eigenvalue weighted by molar-refractivity contribution is -0.118. The number of carbonyl (C=O) groups excluding carboxylic acids is 2. The Morgan fingerprint density at radius 3 is 2.50 bits per heavy atom. The van der Waals surface area contributed by atoms with Gasteiger partial charge in [-0.25, -0.2) is 8.42 Å². The molecule has 1 aliphatic heterocycles. The molecule has 2 amide bonds. The molecule has 1 aromatic carbocycles. The van der Waals surface area contributed by atoms with Crippen LogP contribution in [0.1, 0.15) is 19.4 Å². The molecule has 2 aliphatic rings. The molecule has 2 unspecified atom stereocenters. The van der Waals surface area contributed by atoms with Crippen molar-refractivity contribution in [2.24, 2.45) is 5.92 Å². The van der Waals surface area contributed by atoms with Crippen LogP contribution in [0.5, 0.6) is 0 Å². The number of allylic oxidation sites excluding steroid dienone is 2. The third-order valence-electron chi connectivity index (χ3n) is 4.12. The van der Waals surface area contributed by atoms with Crippen LogP contribution >= 0.6 is 0 Å². The Bertz CT molecular complexity index is 884. The van der Waals surface area contributed by atoms with Gasteiger partial charge in [0.2, 0.25) is 11.8 Å². The van der Waals surface area contributed by atoms with Gasteiger partial charge in [-0.05, 0) is 36.3 Å². The van der Waals surface area contributed by atoms with E-state index in [-0.39, 0.29) is 22.6 Å². The van der Waals surface area contributed by atoms with Crippen LogP contribution in [0.3, 0.4) is 0 Å². The summed E-state index contributed by atoms with van der Waals surface area (Å²) in [4.78, 5) is 22.6. The number of hydrogen-bond acceptors (Lipinski definition) is 4. The maximum atomic E-state index is 13.0. The van der Waals surface area contributed by atoms with Crippen LogP contribution in [0.2, 0.25) is 0 Å². The molecule has 3 rings (SSSR count). The number of benzene rings is 1. The predicted octanol–water partition coefficient (Wildman–Crippen LogP) is 1.55. The Morgan fingerprint density at radius 2 is 1.83 bits per heavy atom. The molecule has 6 nitrogen and oxygen atoms in total. The van der Waals surface area contributed by atoms with Gasteiger partial charge in [-0.2, -0.15) is 0 Å². The van der Waals surface area contributed by atoms with Crippen molar-refractivity contribution in [3.05, 3.63) is 47.7 Å². The molecule has 0 radical (unpaired) electrons. The van der Waals surface area contributed by atoms with Crippen LogP contribution in [0, 0.1) is 5.92 Å². The summed E-state index contributed by atoms with van der Waals surface area (Å²) in [6, 6.07) is 4.96. The molecule has 2 N–H and O–H groups in total. The lowest BCUT2D eigenvalue weighted by Crippen LogP contribution is -2.37. The highest BCUT2D eigenvalue weighted by Gasteiger charge is 2.40. The fourth-order valence-electron chi connectivity index (χ4n) is 3.15. The smallest absolute Gasteiger partial charge is 0.221 e. The van der Waals surface area contributed by atoms with Crippen molar-refractivity contribution in [1.82, 2.24) is 5.32 Å². The Kier molecular flexibility index (Phi) is 4.04. The second-order valence-electron chi connectivity index (χ2n) is 6.04. The number of anilines is 1. The van der Waals surface area contributed by atoms with Crippen molar-refractivity contribution in [2.45, 2.75) is 30.4 Å². The van der Waals surface area contributed by atoms with Crippen molar-refractivity contribution in [3.8, 4) is 0 Å². The second kappa shape index (κ2) is 5.90. The van der Waals surface area contributed by atoms with Crippen molar-refractivity contribution in [1.29, 1.82) is 0 Å². The normalized spacial score (nSPS) is 23.5. The summed E-state index contributed by atoms with van der Waals surface area (Å²) in [5, 5.41) is 4.52. The molecule has 0 bridgehead atoms. The van der Waals surface area contributed by atoms with Crippen LogP contribution in [0.4, 0.5) is 5.69 Å². The summed E-state index contributed by atoms with van der Waals surface area (Å²) in [6.45, 7) is 2.75. The molecule has 0 saturated heterocycles. The minimum Gasteiger partial charge on any atom is -0.327 e. The standard InChI is InChI=1S/C17H18N2O4S/c1-10(20)18-14-5-3-12-7-13-4-6-15(19-11(2)21)9-17(13)24(22,23)16(12)8-14/h3-6,8-9,12,16H,7H2,1-2H3,(H,18,20)(H,19,21). The molecule has 1 aliphatic carbocycles. The Morgan fingerprint density at radius 1 is 1.12 bits per heavy atom. The average molecular weight is 346 g/mol. The maximum absolute atomic E-state index is 13.0. The van der Waals surface area contributed by atoms with Crippen LogP contribution < -0.4 is 10.6 Å². The fourth-order valence-corrected chi connectivity index (χ4v) is 5.23. The molecule has 126 valence electrons. The third kappa shape index (κ3) is 2.99. The third-order valence-corrected chi connectivity index (χ3v) is 6.31. The zero-order chi connectivity index (χ0) is 17.5. The lowest BCUT2D eigenvalue weighted by atomic mass is 9.91. The van der Waals surface area contributed by atoms with Gasteiger partial charge in [0, 0.05) is 31.1 Å². The van der Waals surface area contributed by atoms with Crippen molar-refractivity contribution in [3.63, 3.8) is 0 Å². The Hall–Kier alpha value is -2.41. The number of rotatable bonds is 2. The summed E-state index contributed by atoms with van der Waals surface area (Å²) in [5.74, 6) is -0.660. The monoisotopic (exact) mass is 346 g/mol. The quantitative estimate of drug-likeness (QED) is 0.850. The van der Waals surface area contributed by atoms with E-state index < -0.39 is 15.1 Å². The highest BCUT2D eigenvalue weighted by molar-refractivity contribution is 7.92. The molecule has 24 heavy (non-hydrogen) atoms. The number of amides is 2. The van der Waals surface area contributed by atoms with E-state index >= 15 is 0 Å². The van der Waals surface area contributed by atoms with E-state index in [4.69, 9.17) is 0 Å². The molecule has 1 aromatic rings. The SMILES string of the molecule is CC(=O)NC1=CC2C(C=C1)Cc1ccc(NC(C)=O)cc1S2(=O)=O. The van der Waals surface area contributed by atoms with Gasteiger partial charge >= 0.3 is 0 Å². The average Bonchev–Trinajstić information content (AvgIpc) is 2.48. The van der Waals surface area contributed by atoms with E-state index in [0.29, 0.717) is 17.8 Å². The van der Waals surface area contributed by atoms with Crippen molar-refractivity contribution >= 4 is 27.3 Å². The van der Waals surface area contributed by atoms with Gasteiger partial charge in [0.05, 0.1) is 10.1 Å². The first-order chi connectivity index (χ1) is 11.3. The molecule has 0 spiro atoms. The molecular formula is C17H18N2O4S. The topological polar surface area (TPSA) is 92.3 Å². The molecule has 0 fully saturated rings. The molecule has 0 aromatic heterocycles. The van der Waals surface area contributed by atoms with Gasteiger partial charge in [0.15, 0.2) is 9.84 Å². The van der Waals surface area contributed by atoms with E-state index in [2.05, 4.69) is 10.6 Å². The molecular weight excluding hydrogens is 328 g/mol. The first-order valence-electron chi connectivity index (χ1n) is 7.59. The van der Waals surface area contributed by atoms with Crippen LogP contribution in [-0.2, 0) is 25.8 Å². The highest BCUT2D eigenvalue weighted by Crippen LogP contribution is 2.38. The van der Waals surface area contributed by atoms with E-state index in [0.717, 1.165) is 5.56 Å². The number of nitrogens with one attached hydrogen (secondary N) is 2. The zero-order valence-corrected chi connectivity index (χ0v) is 14.2. The molecule has 0 saturated carbocycles. The second-order valence-corrected chi connectivity index (χ2v) is 8.12. The number of sulfone groups is 1. The van der Waals surface area contributed by atoms with Gasteiger partial charge < -0.3 is 10.6 Å². The van der Waals surface area contributed by atoms with Crippen molar-refractivity contribution < 1.29 is 18.0 Å². The van der Waals surface area contributed by atoms with Gasteiger partial charge in [0.1, 0.15) is 0 Å². The van der Waals surface area contributed by atoms with Gasteiger partial charge in [-0.15, -0.1) is 0 Å².